The van der Waals surface area contributed by atoms with Gasteiger partial charge in [-0.05, 0) is 38.8 Å². The molecule has 1 aliphatic carbocycles. The number of nitrogens with zero attached hydrogens (tertiary/aromatic N) is 1. The van der Waals surface area contributed by atoms with Crippen molar-refractivity contribution in [3.05, 3.63) is 39.9 Å². The molecular weight excluding hydrogens is 287 g/mol. The summed E-state index contributed by atoms with van der Waals surface area (Å²) >= 11 is 0. The van der Waals surface area contributed by atoms with Crippen molar-refractivity contribution in [1.29, 1.82) is 0 Å². The smallest absolute Gasteiger partial charge is 0.341 e. The van der Waals surface area contributed by atoms with Crippen molar-refractivity contribution in [2.24, 2.45) is 0 Å². The summed E-state index contributed by atoms with van der Waals surface area (Å²) in [7, 11) is 0. The van der Waals surface area contributed by atoms with E-state index in [0.29, 0.717) is 11.2 Å². The first-order valence-corrected chi connectivity index (χ1v) is 7.26. The van der Waals surface area contributed by atoms with Crippen LogP contribution in [0.2, 0.25) is 0 Å². The number of carboxylic acids is 1. The fourth-order valence-corrected chi connectivity index (χ4v) is 2.60. The minimum absolute atomic E-state index is 0.0475. The molecule has 2 N–H and O–H groups in total. The molecular formula is C16H17FN2O3. The maximum Gasteiger partial charge on any atom is 0.341 e. The first kappa shape index (κ1) is 14.6. The van der Waals surface area contributed by atoms with Crippen LogP contribution in [0.25, 0.3) is 10.9 Å². The number of pyridine rings is 1. The van der Waals surface area contributed by atoms with Crippen LogP contribution in [0.15, 0.2) is 23.1 Å². The molecule has 22 heavy (non-hydrogen) atoms. The lowest BCUT2D eigenvalue weighted by molar-refractivity contribution is 0.0695. The number of halogens is 1. The highest BCUT2D eigenvalue weighted by molar-refractivity contribution is 5.93. The molecule has 1 aromatic carbocycles. The third-order valence-corrected chi connectivity index (χ3v) is 3.74. The van der Waals surface area contributed by atoms with Gasteiger partial charge in [0, 0.05) is 23.7 Å². The van der Waals surface area contributed by atoms with Crippen molar-refractivity contribution in [1.82, 2.24) is 4.57 Å². The van der Waals surface area contributed by atoms with Crippen LogP contribution in [-0.2, 0) is 0 Å². The van der Waals surface area contributed by atoms with Gasteiger partial charge in [-0.3, -0.25) is 4.79 Å². The number of benzene rings is 1. The Balaban J connectivity index is 2.31. The summed E-state index contributed by atoms with van der Waals surface area (Å²) in [6.45, 7) is 3.79. The van der Waals surface area contributed by atoms with Gasteiger partial charge in [-0.1, -0.05) is 0 Å². The van der Waals surface area contributed by atoms with Gasteiger partial charge in [0.25, 0.3) is 0 Å². The van der Waals surface area contributed by atoms with Crippen molar-refractivity contribution >= 4 is 22.6 Å². The monoisotopic (exact) mass is 304 g/mol. The minimum atomic E-state index is -1.29. The maximum atomic E-state index is 14.2. The maximum absolute atomic E-state index is 14.2. The first-order chi connectivity index (χ1) is 10.4. The third kappa shape index (κ3) is 2.45. The second-order valence-corrected chi connectivity index (χ2v) is 5.96. The predicted octanol–water partition coefficient (Wildman–Crippen LogP) is 2.99. The molecule has 3 rings (SSSR count). The van der Waals surface area contributed by atoms with Gasteiger partial charge in [-0.25, -0.2) is 9.18 Å². The molecule has 0 radical (unpaired) electrons. The Labute approximate surface area is 126 Å². The van der Waals surface area contributed by atoms with Crippen molar-refractivity contribution in [3.63, 3.8) is 0 Å². The Morgan fingerprint density at radius 2 is 2.09 bits per heavy atom. The van der Waals surface area contributed by atoms with Crippen LogP contribution in [0, 0.1) is 5.82 Å². The summed E-state index contributed by atoms with van der Waals surface area (Å²) in [6, 6.07) is 2.95. The van der Waals surface area contributed by atoms with Crippen molar-refractivity contribution in [2.45, 2.75) is 38.8 Å². The highest BCUT2D eigenvalue weighted by Crippen LogP contribution is 2.37. The van der Waals surface area contributed by atoms with E-state index in [1.54, 1.807) is 10.6 Å². The number of nitrogens with one attached hydrogen (secondary N) is 1. The zero-order chi connectivity index (χ0) is 16.0. The van der Waals surface area contributed by atoms with Gasteiger partial charge in [0.1, 0.15) is 11.4 Å². The normalized spacial score (nSPS) is 14.5. The summed E-state index contributed by atoms with van der Waals surface area (Å²) in [6.07, 6.45) is 3.24. The number of hydrogen-bond donors (Lipinski definition) is 2. The Morgan fingerprint density at radius 3 is 2.64 bits per heavy atom. The standard InChI is InChI=1S/C16H17FN2O3/c1-8(2)18-13-6-14-10(5-12(13)17)15(20)11(16(21)22)7-19(14)9-3-4-9/h5-9,18H,3-4H2,1-2H3,(H,21,22). The minimum Gasteiger partial charge on any atom is -0.477 e. The van der Waals surface area contributed by atoms with Crippen molar-refractivity contribution in [3.8, 4) is 0 Å². The number of rotatable bonds is 4. The van der Waals surface area contributed by atoms with Gasteiger partial charge in [0.05, 0.1) is 11.2 Å². The SMILES string of the molecule is CC(C)Nc1cc2c(cc1F)c(=O)c(C(=O)O)cn2C1CC1. The largest absolute Gasteiger partial charge is 0.477 e. The van der Waals surface area contributed by atoms with Crippen LogP contribution in [0.3, 0.4) is 0 Å². The van der Waals surface area contributed by atoms with Gasteiger partial charge in [-0.15, -0.1) is 0 Å². The molecule has 5 nitrogen and oxygen atoms in total. The quantitative estimate of drug-likeness (QED) is 0.911. The molecule has 6 heteroatoms. The Bertz CT molecular complexity index is 822. The van der Waals surface area contributed by atoms with Gasteiger partial charge in [-0.2, -0.15) is 0 Å². The van der Waals surface area contributed by atoms with Crippen LogP contribution in [-0.4, -0.2) is 21.7 Å². The van der Waals surface area contributed by atoms with Gasteiger partial charge >= 0.3 is 5.97 Å². The number of fused-ring (bicyclic) bond motifs is 1. The molecule has 0 aliphatic heterocycles. The van der Waals surface area contributed by atoms with E-state index in [9.17, 15) is 19.1 Å². The summed E-state index contributed by atoms with van der Waals surface area (Å²) in [5.74, 6) is -1.84. The summed E-state index contributed by atoms with van der Waals surface area (Å²) in [5.41, 5.74) is -0.0702. The van der Waals surface area contributed by atoms with Crippen LogP contribution in [0.1, 0.15) is 43.1 Å². The third-order valence-electron chi connectivity index (χ3n) is 3.74. The number of carbonyl (C=O) groups is 1. The molecule has 0 bridgehead atoms. The van der Waals surface area contributed by atoms with Crippen LogP contribution >= 0.6 is 0 Å². The van der Waals surface area contributed by atoms with E-state index in [2.05, 4.69) is 5.32 Å². The molecule has 1 heterocycles. The molecule has 0 atom stereocenters. The van der Waals surface area contributed by atoms with E-state index < -0.39 is 17.2 Å². The van der Waals surface area contributed by atoms with Crippen LogP contribution < -0.4 is 10.7 Å². The summed E-state index contributed by atoms with van der Waals surface area (Å²) < 4.78 is 16.0. The van der Waals surface area contributed by atoms with E-state index in [1.807, 2.05) is 13.8 Å². The molecule has 1 fully saturated rings. The second-order valence-electron chi connectivity index (χ2n) is 5.96. The van der Waals surface area contributed by atoms with Gasteiger partial charge in [0.15, 0.2) is 0 Å². The number of carboxylic acid groups (broad SMARTS) is 1. The molecule has 1 saturated carbocycles. The highest BCUT2D eigenvalue weighted by atomic mass is 19.1. The first-order valence-electron chi connectivity index (χ1n) is 7.26. The van der Waals surface area contributed by atoms with E-state index >= 15 is 0 Å². The molecule has 0 spiro atoms. The Kier molecular flexibility index (Phi) is 3.39. The summed E-state index contributed by atoms with van der Waals surface area (Å²) in [5, 5.41) is 12.3. The number of aromatic nitrogens is 1. The molecule has 0 unspecified atom stereocenters. The van der Waals surface area contributed by atoms with E-state index in [-0.39, 0.29) is 23.0 Å². The van der Waals surface area contributed by atoms with Crippen LogP contribution in [0.4, 0.5) is 10.1 Å². The molecule has 116 valence electrons. The van der Waals surface area contributed by atoms with Crippen molar-refractivity contribution < 1.29 is 14.3 Å². The van der Waals surface area contributed by atoms with Crippen molar-refractivity contribution in [2.75, 3.05) is 5.32 Å². The number of hydrogen-bond acceptors (Lipinski definition) is 3. The zero-order valence-corrected chi connectivity index (χ0v) is 12.4. The molecule has 1 aromatic heterocycles. The van der Waals surface area contributed by atoms with Crippen LogP contribution in [0.5, 0.6) is 0 Å². The Hall–Kier alpha value is -2.37. The molecule has 2 aromatic rings. The lowest BCUT2D eigenvalue weighted by atomic mass is 10.1. The highest BCUT2D eigenvalue weighted by Gasteiger charge is 2.27. The topological polar surface area (TPSA) is 71.3 Å². The lowest BCUT2D eigenvalue weighted by Gasteiger charge is -2.15. The molecule has 1 aliphatic rings. The van der Waals surface area contributed by atoms with E-state index in [1.165, 1.54) is 6.20 Å². The summed E-state index contributed by atoms with van der Waals surface area (Å²) in [4.78, 5) is 23.5. The molecule has 0 amide bonds. The molecule has 0 saturated heterocycles. The second kappa shape index (κ2) is 5.12. The van der Waals surface area contributed by atoms with E-state index in [4.69, 9.17) is 0 Å². The predicted molar refractivity (Wildman–Crippen MR) is 82.2 cm³/mol. The van der Waals surface area contributed by atoms with Gasteiger partial charge < -0.3 is 15.0 Å². The number of anilines is 1. The van der Waals surface area contributed by atoms with E-state index in [0.717, 1.165) is 18.9 Å². The van der Waals surface area contributed by atoms with Gasteiger partial charge in [0.2, 0.25) is 5.43 Å². The lowest BCUT2D eigenvalue weighted by Crippen LogP contribution is -2.19. The fraction of sp³-hybridized carbons (Fsp3) is 0.375. The fourth-order valence-electron chi connectivity index (χ4n) is 2.60. The number of aromatic carboxylic acids is 1. The average molecular weight is 304 g/mol. The average Bonchev–Trinajstić information content (AvgIpc) is 3.24. The Morgan fingerprint density at radius 1 is 1.41 bits per heavy atom. The zero-order valence-electron chi connectivity index (χ0n) is 12.4.